The van der Waals surface area contributed by atoms with Crippen molar-refractivity contribution in [1.82, 2.24) is 4.57 Å². The molecule has 6 nitrogen and oxygen atoms in total. The van der Waals surface area contributed by atoms with Gasteiger partial charge in [0.25, 0.3) is 0 Å². The maximum atomic E-state index is 13.2. The fourth-order valence-corrected chi connectivity index (χ4v) is 2.45. The van der Waals surface area contributed by atoms with E-state index in [4.69, 9.17) is 5.73 Å². The quantitative estimate of drug-likeness (QED) is 0.502. The number of carbonyl (C=O) groups is 1. The second-order valence-electron chi connectivity index (χ2n) is 5.36. The van der Waals surface area contributed by atoms with E-state index in [1.54, 1.807) is 6.07 Å². The molecule has 2 aromatic carbocycles. The third-order valence-electron chi connectivity index (χ3n) is 3.71. The monoisotopic (exact) mass is 340 g/mol. The van der Waals surface area contributed by atoms with Crippen LogP contribution >= 0.6 is 0 Å². The Bertz CT molecular complexity index is 1030. The van der Waals surface area contributed by atoms with Gasteiger partial charge in [0, 0.05) is 23.5 Å². The van der Waals surface area contributed by atoms with Crippen LogP contribution in [0.15, 0.2) is 59.5 Å². The van der Waals surface area contributed by atoms with Gasteiger partial charge in [-0.2, -0.15) is 0 Å². The Labute approximate surface area is 141 Å². The molecule has 0 aliphatic carbocycles. The predicted molar refractivity (Wildman–Crippen MR) is 90.5 cm³/mol. The molecule has 0 amide bonds. The van der Waals surface area contributed by atoms with Crippen LogP contribution in [0.5, 0.6) is 5.75 Å². The molecule has 126 valence electrons. The van der Waals surface area contributed by atoms with E-state index < -0.39 is 22.8 Å². The summed E-state index contributed by atoms with van der Waals surface area (Å²) in [5.74, 6) is -1.92. The summed E-state index contributed by atoms with van der Waals surface area (Å²) in [7, 11) is 0. The van der Waals surface area contributed by atoms with Crippen LogP contribution in [-0.2, 0) is 0 Å². The second kappa shape index (κ2) is 6.12. The molecular weight excluding hydrogens is 327 g/mol. The van der Waals surface area contributed by atoms with E-state index in [2.05, 4.69) is 0 Å². The van der Waals surface area contributed by atoms with Crippen LogP contribution in [-0.4, -0.2) is 20.7 Å². The van der Waals surface area contributed by atoms with Gasteiger partial charge in [0.1, 0.15) is 17.1 Å². The lowest BCUT2D eigenvalue weighted by molar-refractivity contribution is 0.0695. The first kappa shape index (κ1) is 16.3. The Kier molecular flexibility index (Phi) is 3.98. The number of anilines is 1. The summed E-state index contributed by atoms with van der Waals surface area (Å²) >= 11 is 0. The number of benzene rings is 2. The number of carboxylic acids is 1. The van der Waals surface area contributed by atoms with Crippen LogP contribution in [0.1, 0.15) is 10.4 Å². The number of carboxylic acid groups (broad SMARTS) is 1. The lowest BCUT2D eigenvalue weighted by Gasteiger charge is -2.15. The van der Waals surface area contributed by atoms with Gasteiger partial charge in [-0.05, 0) is 42.5 Å². The molecule has 0 atom stereocenters. The zero-order valence-electron chi connectivity index (χ0n) is 12.8. The van der Waals surface area contributed by atoms with E-state index >= 15 is 0 Å². The van der Waals surface area contributed by atoms with Crippen LogP contribution in [0.4, 0.5) is 10.1 Å². The summed E-state index contributed by atoms with van der Waals surface area (Å²) in [6.45, 7) is 0. The van der Waals surface area contributed by atoms with Gasteiger partial charge >= 0.3 is 5.97 Å². The number of pyridine rings is 1. The fraction of sp³-hybridized carbons (Fsp3) is 0. The van der Waals surface area contributed by atoms with Gasteiger partial charge in [-0.15, -0.1) is 0 Å². The number of hydrogen-bond donors (Lipinski definition) is 3. The molecule has 0 saturated heterocycles. The number of hydrogen-bond acceptors (Lipinski definition) is 4. The van der Waals surface area contributed by atoms with Crippen molar-refractivity contribution in [1.29, 1.82) is 0 Å². The van der Waals surface area contributed by atoms with Crippen molar-refractivity contribution in [3.8, 4) is 22.7 Å². The van der Waals surface area contributed by atoms with Crippen LogP contribution in [0.3, 0.4) is 0 Å². The van der Waals surface area contributed by atoms with Crippen LogP contribution < -0.4 is 11.2 Å². The first-order valence-electron chi connectivity index (χ1n) is 7.21. The number of nitrogens with two attached hydrogens (primary N) is 1. The minimum atomic E-state index is -1.36. The van der Waals surface area contributed by atoms with E-state index in [0.29, 0.717) is 16.9 Å². The van der Waals surface area contributed by atoms with Crippen molar-refractivity contribution in [2.45, 2.75) is 0 Å². The van der Waals surface area contributed by atoms with Gasteiger partial charge in [-0.1, -0.05) is 0 Å². The van der Waals surface area contributed by atoms with E-state index in [1.165, 1.54) is 53.2 Å². The molecule has 0 unspecified atom stereocenters. The van der Waals surface area contributed by atoms with Gasteiger partial charge in [0.15, 0.2) is 5.43 Å². The smallest absolute Gasteiger partial charge is 0.341 e. The van der Waals surface area contributed by atoms with E-state index in [1.807, 2.05) is 0 Å². The molecule has 1 aromatic heterocycles. The summed E-state index contributed by atoms with van der Waals surface area (Å²) in [6, 6.07) is 10.9. The van der Waals surface area contributed by atoms with Crippen molar-refractivity contribution in [3.63, 3.8) is 0 Å². The minimum Gasteiger partial charge on any atom is -0.506 e. The van der Waals surface area contributed by atoms with Gasteiger partial charge in [-0.3, -0.25) is 4.79 Å². The molecule has 3 rings (SSSR count). The predicted octanol–water partition coefficient (Wildman–Crippen LogP) is 2.63. The Morgan fingerprint density at radius 1 is 1.08 bits per heavy atom. The molecule has 25 heavy (non-hydrogen) atoms. The first-order valence-corrected chi connectivity index (χ1v) is 7.21. The number of phenolic OH excluding ortho intramolecular Hbond substituents is 1. The summed E-state index contributed by atoms with van der Waals surface area (Å²) in [4.78, 5) is 23.4. The number of phenols is 1. The van der Waals surface area contributed by atoms with E-state index in [9.17, 15) is 24.2 Å². The molecule has 0 aliphatic heterocycles. The molecule has 3 aromatic rings. The van der Waals surface area contributed by atoms with Crippen LogP contribution in [0.2, 0.25) is 0 Å². The Morgan fingerprint density at radius 3 is 2.36 bits per heavy atom. The fourth-order valence-electron chi connectivity index (χ4n) is 2.45. The average molecular weight is 340 g/mol. The number of aromatic nitrogens is 1. The molecular formula is C18H13FN2O4. The molecule has 1 heterocycles. The number of halogens is 1. The summed E-state index contributed by atoms with van der Waals surface area (Å²) in [6.07, 6.45) is 1.18. The van der Waals surface area contributed by atoms with E-state index in [0.717, 1.165) is 0 Å². The van der Waals surface area contributed by atoms with Crippen LogP contribution in [0, 0.1) is 5.82 Å². The van der Waals surface area contributed by atoms with Crippen molar-refractivity contribution in [2.24, 2.45) is 0 Å². The van der Waals surface area contributed by atoms with Crippen molar-refractivity contribution in [3.05, 3.63) is 76.3 Å². The molecule has 0 aliphatic rings. The third-order valence-corrected chi connectivity index (χ3v) is 3.71. The number of aromatic carboxylic acids is 1. The minimum absolute atomic E-state index is 0.109. The molecule has 0 saturated carbocycles. The van der Waals surface area contributed by atoms with Gasteiger partial charge < -0.3 is 20.5 Å². The normalized spacial score (nSPS) is 10.6. The summed E-state index contributed by atoms with van der Waals surface area (Å²) < 4.78 is 14.7. The topological polar surface area (TPSA) is 106 Å². The molecule has 0 spiro atoms. The summed E-state index contributed by atoms with van der Waals surface area (Å²) in [5.41, 5.74) is 6.03. The van der Waals surface area contributed by atoms with Crippen molar-refractivity contribution in [2.75, 3.05) is 5.73 Å². The SMILES string of the molecule is Nc1cc(-c2cc(=O)c(C(=O)O)cn2-c2ccc(F)cc2)ccc1O. The molecule has 0 bridgehead atoms. The Hall–Kier alpha value is -3.61. The molecule has 4 N–H and O–H groups in total. The van der Waals surface area contributed by atoms with Crippen molar-refractivity contribution < 1.29 is 19.4 Å². The number of aromatic hydroxyl groups is 1. The highest BCUT2D eigenvalue weighted by Gasteiger charge is 2.15. The zero-order valence-corrected chi connectivity index (χ0v) is 12.8. The lowest BCUT2D eigenvalue weighted by atomic mass is 10.1. The van der Waals surface area contributed by atoms with Crippen molar-refractivity contribution >= 4 is 11.7 Å². The maximum absolute atomic E-state index is 13.2. The van der Waals surface area contributed by atoms with E-state index in [-0.39, 0.29) is 11.4 Å². The average Bonchev–Trinajstić information content (AvgIpc) is 2.57. The summed E-state index contributed by atoms with van der Waals surface area (Å²) in [5, 5.41) is 18.8. The Balaban J connectivity index is 2.31. The maximum Gasteiger partial charge on any atom is 0.341 e. The standard InChI is InChI=1S/C18H13FN2O4/c19-11-2-4-12(5-3-11)21-9-13(18(24)25)17(23)8-15(21)10-1-6-16(22)14(20)7-10/h1-9,22H,20H2,(H,24,25). The highest BCUT2D eigenvalue weighted by Crippen LogP contribution is 2.28. The zero-order chi connectivity index (χ0) is 18.1. The number of nitrogens with zero attached hydrogens (tertiary/aromatic N) is 1. The number of rotatable bonds is 3. The lowest BCUT2D eigenvalue weighted by Crippen LogP contribution is -2.18. The highest BCUT2D eigenvalue weighted by molar-refractivity contribution is 5.88. The van der Waals surface area contributed by atoms with Crippen LogP contribution in [0.25, 0.3) is 16.9 Å². The molecule has 0 fully saturated rings. The number of nitrogen functional groups attached to an aromatic ring is 1. The third kappa shape index (κ3) is 3.07. The first-order chi connectivity index (χ1) is 11.9. The highest BCUT2D eigenvalue weighted by atomic mass is 19.1. The molecule has 0 radical (unpaired) electrons. The second-order valence-corrected chi connectivity index (χ2v) is 5.36. The largest absolute Gasteiger partial charge is 0.506 e. The van der Waals surface area contributed by atoms with Gasteiger partial charge in [0.2, 0.25) is 0 Å². The molecule has 7 heteroatoms. The van der Waals surface area contributed by atoms with Gasteiger partial charge in [-0.25, -0.2) is 9.18 Å². The van der Waals surface area contributed by atoms with Gasteiger partial charge in [0.05, 0.1) is 11.4 Å². The Morgan fingerprint density at radius 2 is 1.76 bits per heavy atom.